The molecule has 0 aromatic carbocycles. The van der Waals surface area contributed by atoms with Crippen LogP contribution in [0, 0.1) is 11.8 Å². The van der Waals surface area contributed by atoms with Gasteiger partial charge in [-0.15, -0.1) is 0 Å². The first-order valence-corrected chi connectivity index (χ1v) is 6.36. The number of nitrogens with one attached hydrogen (secondary N) is 2. The molecule has 2 N–H and O–H groups in total. The standard InChI is InChI=1S/C12H20N2O/c15-11-6-5-9-4-2-1-3-7-12(9)10(11)8-13-14-12/h9-10,13-14H,1-8H2. The Balaban J connectivity index is 1.94. The molecule has 1 aliphatic heterocycles. The summed E-state index contributed by atoms with van der Waals surface area (Å²) in [6.45, 7) is 0.856. The summed E-state index contributed by atoms with van der Waals surface area (Å²) in [5, 5.41) is 0. The number of hydrogen-bond acceptors (Lipinski definition) is 3. The van der Waals surface area contributed by atoms with E-state index in [-0.39, 0.29) is 11.5 Å². The van der Waals surface area contributed by atoms with Crippen LogP contribution in [0.2, 0.25) is 0 Å². The van der Waals surface area contributed by atoms with Gasteiger partial charge in [-0.25, -0.2) is 0 Å². The molecule has 3 unspecified atom stereocenters. The Morgan fingerprint density at radius 1 is 1.20 bits per heavy atom. The third-order valence-electron chi connectivity index (χ3n) is 4.75. The van der Waals surface area contributed by atoms with Crippen LogP contribution in [0.5, 0.6) is 0 Å². The molecule has 0 aromatic heterocycles. The van der Waals surface area contributed by atoms with Gasteiger partial charge in [0.1, 0.15) is 5.78 Å². The highest BCUT2D eigenvalue weighted by atomic mass is 16.1. The van der Waals surface area contributed by atoms with E-state index in [1.807, 2.05) is 0 Å². The van der Waals surface area contributed by atoms with Crippen LogP contribution in [-0.4, -0.2) is 17.9 Å². The van der Waals surface area contributed by atoms with Gasteiger partial charge in [-0.3, -0.25) is 15.6 Å². The zero-order valence-corrected chi connectivity index (χ0v) is 9.22. The molecule has 0 amide bonds. The summed E-state index contributed by atoms with van der Waals surface area (Å²) >= 11 is 0. The van der Waals surface area contributed by atoms with Gasteiger partial charge in [-0.1, -0.05) is 19.3 Å². The van der Waals surface area contributed by atoms with Crippen LogP contribution in [0.25, 0.3) is 0 Å². The third kappa shape index (κ3) is 1.36. The molecular formula is C12H20N2O. The molecule has 1 saturated heterocycles. The maximum absolute atomic E-state index is 12.0. The monoisotopic (exact) mass is 208 g/mol. The number of hydrogen-bond donors (Lipinski definition) is 2. The van der Waals surface area contributed by atoms with Crippen molar-refractivity contribution in [3.8, 4) is 0 Å². The molecule has 15 heavy (non-hydrogen) atoms. The fourth-order valence-electron chi connectivity index (χ4n) is 3.95. The zero-order chi connectivity index (χ0) is 10.3. The van der Waals surface area contributed by atoms with E-state index in [0.29, 0.717) is 5.78 Å². The maximum Gasteiger partial charge on any atom is 0.139 e. The Morgan fingerprint density at radius 3 is 3.07 bits per heavy atom. The van der Waals surface area contributed by atoms with Crippen LogP contribution in [-0.2, 0) is 4.79 Å². The van der Waals surface area contributed by atoms with E-state index in [9.17, 15) is 4.79 Å². The molecule has 3 aliphatic rings. The number of ketones is 1. The van der Waals surface area contributed by atoms with Gasteiger partial charge < -0.3 is 0 Å². The summed E-state index contributed by atoms with van der Waals surface area (Å²) in [6.07, 6.45) is 8.44. The minimum Gasteiger partial charge on any atom is -0.299 e. The van der Waals surface area contributed by atoms with Crippen LogP contribution in [0.15, 0.2) is 0 Å². The van der Waals surface area contributed by atoms with Gasteiger partial charge in [0, 0.05) is 18.5 Å². The van der Waals surface area contributed by atoms with Gasteiger partial charge in [0.25, 0.3) is 0 Å². The van der Waals surface area contributed by atoms with Crippen LogP contribution in [0.4, 0.5) is 0 Å². The van der Waals surface area contributed by atoms with Crippen LogP contribution >= 0.6 is 0 Å². The van der Waals surface area contributed by atoms with E-state index in [0.717, 1.165) is 25.3 Å². The molecule has 3 atom stereocenters. The van der Waals surface area contributed by atoms with Crippen molar-refractivity contribution < 1.29 is 4.79 Å². The Kier molecular flexibility index (Phi) is 2.33. The molecule has 1 spiro atoms. The molecule has 84 valence electrons. The van der Waals surface area contributed by atoms with Crippen molar-refractivity contribution in [2.75, 3.05) is 6.54 Å². The lowest BCUT2D eigenvalue weighted by Crippen LogP contribution is -2.57. The minimum atomic E-state index is 0.131. The van der Waals surface area contributed by atoms with E-state index in [2.05, 4.69) is 10.9 Å². The molecule has 0 bridgehead atoms. The molecule has 0 aromatic rings. The van der Waals surface area contributed by atoms with Crippen LogP contribution in [0.1, 0.15) is 44.9 Å². The van der Waals surface area contributed by atoms with Crippen LogP contribution in [0.3, 0.4) is 0 Å². The molecule has 3 heteroatoms. The third-order valence-corrected chi connectivity index (χ3v) is 4.75. The van der Waals surface area contributed by atoms with Crippen molar-refractivity contribution in [2.24, 2.45) is 11.8 Å². The first-order valence-electron chi connectivity index (χ1n) is 6.36. The first kappa shape index (κ1) is 9.79. The van der Waals surface area contributed by atoms with E-state index in [4.69, 9.17) is 0 Å². The predicted octanol–water partition coefficient (Wildman–Crippen LogP) is 1.39. The lowest BCUT2D eigenvalue weighted by molar-refractivity contribution is -0.128. The second-order valence-corrected chi connectivity index (χ2v) is 5.40. The van der Waals surface area contributed by atoms with Crippen molar-refractivity contribution >= 4 is 5.78 Å². The lowest BCUT2D eigenvalue weighted by atomic mass is 9.64. The summed E-state index contributed by atoms with van der Waals surface area (Å²) in [6, 6.07) is 0. The molecule has 0 radical (unpaired) electrons. The van der Waals surface area contributed by atoms with Gasteiger partial charge in [-0.05, 0) is 25.2 Å². The minimum absolute atomic E-state index is 0.131. The normalized spacial score (nSPS) is 45.7. The number of rotatable bonds is 0. The summed E-state index contributed by atoms with van der Waals surface area (Å²) in [5.74, 6) is 1.48. The van der Waals surface area contributed by atoms with Crippen molar-refractivity contribution in [1.82, 2.24) is 10.9 Å². The second-order valence-electron chi connectivity index (χ2n) is 5.40. The maximum atomic E-state index is 12.0. The molecule has 3 fully saturated rings. The van der Waals surface area contributed by atoms with Crippen LogP contribution < -0.4 is 10.9 Å². The lowest BCUT2D eigenvalue weighted by Gasteiger charge is -2.43. The molecule has 1 heterocycles. The quantitative estimate of drug-likeness (QED) is 0.632. The highest BCUT2D eigenvalue weighted by Gasteiger charge is 2.53. The topological polar surface area (TPSA) is 41.1 Å². The Bertz CT molecular complexity index is 279. The molecule has 2 aliphatic carbocycles. The highest BCUT2D eigenvalue weighted by Crippen LogP contribution is 2.45. The largest absolute Gasteiger partial charge is 0.299 e. The summed E-state index contributed by atoms with van der Waals surface area (Å²) < 4.78 is 0. The van der Waals surface area contributed by atoms with Crippen molar-refractivity contribution in [3.05, 3.63) is 0 Å². The summed E-state index contributed by atoms with van der Waals surface area (Å²) in [5.41, 5.74) is 6.85. The molecule has 3 rings (SSSR count). The second kappa shape index (κ2) is 3.56. The average Bonchev–Trinajstić information content (AvgIpc) is 2.55. The molecule has 2 saturated carbocycles. The van der Waals surface area contributed by atoms with Crippen molar-refractivity contribution in [2.45, 2.75) is 50.5 Å². The highest BCUT2D eigenvalue weighted by molar-refractivity contribution is 5.84. The molecule has 3 nitrogen and oxygen atoms in total. The number of carbonyl (C=O) groups excluding carboxylic acids is 1. The summed E-state index contributed by atoms with van der Waals surface area (Å²) in [4.78, 5) is 12.0. The fourth-order valence-corrected chi connectivity index (χ4v) is 3.95. The van der Waals surface area contributed by atoms with E-state index < -0.39 is 0 Å². The first-order chi connectivity index (χ1) is 7.33. The van der Waals surface area contributed by atoms with Gasteiger partial charge in [0.2, 0.25) is 0 Å². The SMILES string of the molecule is O=C1CCC2CCCCCC23NNCC13. The zero-order valence-electron chi connectivity index (χ0n) is 9.22. The van der Waals surface area contributed by atoms with E-state index >= 15 is 0 Å². The predicted molar refractivity (Wildman–Crippen MR) is 58.2 cm³/mol. The average molecular weight is 208 g/mol. The smallest absolute Gasteiger partial charge is 0.139 e. The van der Waals surface area contributed by atoms with E-state index in [1.165, 1.54) is 32.1 Å². The van der Waals surface area contributed by atoms with E-state index in [1.54, 1.807) is 0 Å². The van der Waals surface area contributed by atoms with Crippen molar-refractivity contribution in [3.63, 3.8) is 0 Å². The van der Waals surface area contributed by atoms with Gasteiger partial charge in [-0.2, -0.15) is 0 Å². The van der Waals surface area contributed by atoms with Gasteiger partial charge in [0.05, 0.1) is 5.92 Å². The van der Waals surface area contributed by atoms with Gasteiger partial charge >= 0.3 is 0 Å². The Hall–Kier alpha value is -0.410. The number of carbonyl (C=O) groups is 1. The fraction of sp³-hybridized carbons (Fsp3) is 0.917. The Morgan fingerprint density at radius 2 is 2.13 bits per heavy atom. The summed E-state index contributed by atoms with van der Waals surface area (Å²) in [7, 11) is 0. The van der Waals surface area contributed by atoms with Crippen molar-refractivity contribution in [1.29, 1.82) is 0 Å². The number of hydrazine groups is 1. The Labute approximate surface area is 91.0 Å². The molecular weight excluding hydrogens is 188 g/mol. The number of Topliss-reactive ketones (excluding diaryl/α,β-unsaturated/α-hetero) is 1. The van der Waals surface area contributed by atoms with Gasteiger partial charge in [0.15, 0.2) is 0 Å².